The van der Waals surface area contributed by atoms with Crippen molar-refractivity contribution in [1.29, 1.82) is 5.26 Å². The van der Waals surface area contributed by atoms with Gasteiger partial charge in [0.1, 0.15) is 0 Å². The maximum atomic E-state index is 8.63. The number of aromatic amines is 1. The fourth-order valence-corrected chi connectivity index (χ4v) is 2.03. The van der Waals surface area contributed by atoms with Crippen LogP contribution in [0.1, 0.15) is 5.56 Å². The first-order valence-corrected chi connectivity index (χ1v) is 4.73. The van der Waals surface area contributed by atoms with Crippen molar-refractivity contribution in [2.45, 2.75) is 6.42 Å². The zero-order valence-electron chi connectivity index (χ0n) is 6.84. The average Bonchev–Trinajstić information content (AvgIpc) is 2.50. The van der Waals surface area contributed by atoms with Crippen molar-refractivity contribution in [3.8, 4) is 6.07 Å². The van der Waals surface area contributed by atoms with E-state index in [0.29, 0.717) is 6.42 Å². The lowest BCUT2D eigenvalue weighted by molar-refractivity contribution is 1.29. The second-order valence-electron chi connectivity index (χ2n) is 2.81. The van der Waals surface area contributed by atoms with Crippen molar-refractivity contribution < 1.29 is 0 Å². The van der Waals surface area contributed by atoms with Crippen molar-refractivity contribution in [1.82, 2.24) is 4.98 Å². The highest BCUT2D eigenvalue weighted by molar-refractivity contribution is 9.10. The summed E-state index contributed by atoms with van der Waals surface area (Å²) in [4.78, 5) is 3.13. The normalized spacial score (nSPS) is 10.2. The summed E-state index contributed by atoms with van der Waals surface area (Å²) >= 11 is 3.45. The van der Waals surface area contributed by atoms with Gasteiger partial charge in [0.05, 0.1) is 12.5 Å². The number of fused-ring (bicyclic) bond motifs is 1. The Labute approximate surface area is 84.3 Å². The molecule has 0 aliphatic heterocycles. The molecule has 0 aliphatic rings. The smallest absolute Gasteiger partial charge is 0.0669 e. The van der Waals surface area contributed by atoms with Crippen molar-refractivity contribution >= 4 is 26.8 Å². The highest BCUT2D eigenvalue weighted by Gasteiger charge is 2.05. The molecule has 2 rings (SSSR count). The highest BCUT2D eigenvalue weighted by atomic mass is 79.9. The third-order valence-electron chi connectivity index (χ3n) is 2.01. The molecule has 1 aromatic heterocycles. The Morgan fingerprint density at radius 2 is 2.31 bits per heavy atom. The standard InChI is InChI=1S/C10H7BrN2/c11-8-6-13-9-3-1-2-7(4-5-12)10(8)9/h1-3,6,13H,4H2. The van der Waals surface area contributed by atoms with Crippen LogP contribution in [0.4, 0.5) is 0 Å². The number of rotatable bonds is 1. The lowest BCUT2D eigenvalue weighted by Crippen LogP contribution is -1.82. The van der Waals surface area contributed by atoms with Gasteiger partial charge in [-0.25, -0.2) is 0 Å². The van der Waals surface area contributed by atoms with Crippen LogP contribution in [0.5, 0.6) is 0 Å². The zero-order valence-corrected chi connectivity index (χ0v) is 8.43. The SMILES string of the molecule is N#CCc1cccc2[nH]cc(Br)c12. The van der Waals surface area contributed by atoms with E-state index < -0.39 is 0 Å². The molecule has 64 valence electrons. The van der Waals surface area contributed by atoms with E-state index in [1.807, 2.05) is 24.4 Å². The quantitative estimate of drug-likeness (QED) is 0.810. The van der Waals surface area contributed by atoms with Crippen LogP contribution in [-0.2, 0) is 6.42 Å². The first kappa shape index (κ1) is 8.33. The molecule has 0 saturated carbocycles. The molecule has 0 bridgehead atoms. The number of aromatic nitrogens is 1. The largest absolute Gasteiger partial charge is 0.360 e. The van der Waals surface area contributed by atoms with Gasteiger partial charge in [-0.3, -0.25) is 0 Å². The molecule has 0 aliphatic carbocycles. The molecule has 13 heavy (non-hydrogen) atoms. The molecule has 0 radical (unpaired) electrons. The van der Waals surface area contributed by atoms with E-state index in [2.05, 4.69) is 27.0 Å². The van der Waals surface area contributed by atoms with Crippen molar-refractivity contribution in [2.75, 3.05) is 0 Å². The number of hydrogen-bond acceptors (Lipinski definition) is 1. The minimum absolute atomic E-state index is 0.452. The monoisotopic (exact) mass is 234 g/mol. The Hall–Kier alpha value is -1.27. The maximum Gasteiger partial charge on any atom is 0.0669 e. The molecular formula is C10H7BrN2. The number of benzene rings is 1. The predicted molar refractivity (Wildman–Crippen MR) is 55.3 cm³/mol. The molecule has 2 aromatic rings. The minimum Gasteiger partial charge on any atom is -0.360 e. The van der Waals surface area contributed by atoms with Gasteiger partial charge in [-0.1, -0.05) is 12.1 Å². The molecular weight excluding hydrogens is 228 g/mol. The van der Waals surface area contributed by atoms with Gasteiger partial charge in [0.2, 0.25) is 0 Å². The summed E-state index contributed by atoms with van der Waals surface area (Å²) in [5.74, 6) is 0. The van der Waals surface area contributed by atoms with Crippen molar-refractivity contribution in [3.05, 3.63) is 34.4 Å². The summed E-state index contributed by atoms with van der Waals surface area (Å²) in [6.45, 7) is 0. The molecule has 0 saturated heterocycles. The van der Waals surface area contributed by atoms with Gasteiger partial charge in [0, 0.05) is 21.6 Å². The van der Waals surface area contributed by atoms with E-state index in [1.165, 1.54) is 0 Å². The number of hydrogen-bond donors (Lipinski definition) is 1. The summed E-state index contributed by atoms with van der Waals surface area (Å²) in [6, 6.07) is 8.09. The summed E-state index contributed by atoms with van der Waals surface area (Å²) in [7, 11) is 0. The van der Waals surface area contributed by atoms with Gasteiger partial charge < -0.3 is 4.98 Å². The Morgan fingerprint density at radius 3 is 3.08 bits per heavy atom. The van der Waals surface area contributed by atoms with Crippen LogP contribution in [0.2, 0.25) is 0 Å². The number of nitrogens with one attached hydrogen (secondary N) is 1. The van der Waals surface area contributed by atoms with Crippen LogP contribution in [0, 0.1) is 11.3 Å². The Morgan fingerprint density at radius 1 is 1.46 bits per heavy atom. The summed E-state index contributed by atoms with van der Waals surface area (Å²) < 4.78 is 1.02. The van der Waals surface area contributed by atoms with Crippen molar-refractivity contribution in [2.24, 2.45) is 0 Å². The maximum absolute atomic E-state index is 8.63. The lowest BCUT2D eigenvalue weighted by Gasteiger charge is -1.97. The molecule has 0 unspecified atom stereocenters. The van der Waals surface area contributed by atoms with Gasteiger partial charge in [0.25, 0.3) is 0 Å². The highest BCUT2D eigenvalue weighted by Crippen LogP contribution is 2.26. The van der Waals surface area contributed by atoms with E-state index in [-0.39, 0.29) is 0 Å². The first-order valence-electron chi connectivity index (χ1n) is 3.94. The Balaban J connectivity index is 2.74. The van der Waals surface area contributed by atoms with E-state index in [4.69, 9.17) is 5.26 Å². The van der Waals surface area contributed by atoms with Crippen LogP contribution in [-0.4, -0.2) is 4.98 Å². The van der Waals surface area contributed by atoms with Gasteiger partial charge >= 0.3 is 0 Å². The summed E-state index contributed by atoms with van der Waals surface area (Å²) in [5.41, 5.74) is 2.13. The first-order chi connectivity index (χ1) is 6.33. The van der Waals surface area contributed by atoms with E-state index in [0.717, 1.165) is 20.9 Å². The number of H-pyrrole nitrogens is 1. The van der Waals surface area contributed by atoms with Gasteiger partial charge in [-0.15, -0.1) is 0 Å². The topological polar surface area (TPSA) is 39.6 Å². The molecule has 3 heteroatoms. The average molecular weight is 235 g/mol. The molecule has 0 fully saturated rings. The zero-order chi connectivity index (χ0) is 9.26. The molecule has 0 atom stereocenters. The molecule has 0 amide bonds. The molecule has 1 N–H and O–H groups in total. The fourth-order valence-electron chi connectivity index (χ4n) is 1.45. The van der Waals surface area contributed by atoms with Crippen LogP contribution >= 0.6 is 15.9 Å². The third kappa shape index (κ3) is 1.34. The molecule has 2 nitrogen and oxygen atoms in total. The summed E-state index contributed by atoms with van der Waals surface area (Å²) in [6.07, 6.45) is 2.35. The Bertz CT molecular complexity index is 479. The summed E-state index contributed by atoms with van der Waals surface area (Å²) in [5, 5.41) is 9.75. The minimum atomic E-state index is 0.452. The molecule has 0 spiro atoms. The van der Waals surface area contributed by atoms with Gasteiger partial charge in [0.15, 0.2) is 0 Å². The second-order valence-corrected chi connectivity index (χ2v) is 3.67. The number of nitriles is 1. The molecule has 1 heterocycles. The predicted octanol–water partition coefficient (Wildman–Crippen LogP) is 3.00. The number of nitrogens with zero attached hydrogens (tertiary/aromatic N) is 1. The van der Waals surface area contributed by atoms with Crippen molar-refractivity contribution in [3.63, 3.8) is 0 Å². The van der Waals surface area contributed by atoms with Crippen LogP contribution in [0.3, 0.4) is 0 Å². The molecule has 1 aromatic carbocycles. The number of halogens is 1. The van der Waals surface area contributed by atoms with E-state index >= 15 is 0 Å². The fraction of sp³-hybridized carbons (Fsp3) is 0.100. The van der Waals surface area contributed by atoms with Gasteiger partial charge in [-0.2, -0.15) is 5.26 Å². The second kappa shape index (κ2) is 3.23. The van der Waals surface area contributed by atoms with Crippen LogP contribution in [0.15, 0.2) is 28.9 Å². The van der Waals surface area contributed by atoms with Gasteiger partial charge in [-0.05, 0) is 27.6 Å². The van der Waals surface area contributed by atoms with E-state index in [1.54, 1.807) is 0 Å². The lowest BCUT2D eigenvalue weighted by atomic mass is 10.1. The Kier molecular flexibility index (Phi) is 2.07. The van der Waals surface area contributed by atoms with E-state index in [9.17, 15) is 0 Å². The van der Waals surface area contributed by atoms with Crippen LogP contribution < -0.4 is 0 Å². The van der Waals surface area contributed by atoms with Crippen LogP contribution in [0.25, 0.3) is 10.9 Å². The third-order valence-corrected chi connectivity index (χ3v) is 2.64.